The zero-order valence-corrected chi connectivity index (χ0v) is 19.7. The molecule has 0 radical (unpaired) electrons. The summed E-state index contributed by atoms with van der Waals surface area (Å²) in [4.78, 5) is 12.7. The molecule has 0 saturated carbocycles. The molecule has 0 heterocycles. The molecule has 2 atom stereocenters. The van der Waals surface area contributed by atoms with Gasteiger partial charge >= 0.3 is 0 Å². The topological polar surface area (TPSA) is 117 Å². The zero-order chi connectivity index (χ0) is 24.8. The number of aliphatic hydroxyl groups is 1. The van der Waals surface area contributed by atoms with Crippen LogP contribution in [0.1, 0.15) is 23.6 Å². The van der Waals surface area contributed by atoms with Crippen molar-refractivity contribution in [1.29, 1.82) is 0 Å². The third-order valence-electron chi connectivity index (χ3n) is 5.91. The summed E-state index contributed by atoms with van der Waals surface area (Å²) in [5, 5.41) is 11.1. The highest BCUT2D eigenvalue weighted by Gasteiger charge is 2.43. The van der Waals surface area contributed by atoms with Gasteiger partial charge in [-0.2, -0.15) is 0 Å². The summed E-state index contributed by atoms with van der Waals surface area (Å²) in [5.74, 6) is 0.790. The van der Waals surface area contributed by atoms with Gasteiger partial charge in [0.25, 0.3) is 0 Å². The van der Waals surface area contributed by atoms with E-state index in [0.29, 0.717) is 11.5 Å². The summed E-state index contributed by atoms with van der Waals surface area (Å²) in [6.45, 7) is 0.820. The summed E-state index contributed by atoms with van der Waals surface area (Å²) in [6, 6.07) is 23.6. The first-order valence-corrected chi connectivity index (χ1v) is 11.0. The normalized spacial score (nSPS) is 14.2. The van der Waals surface area contributed by atoms with Crippen molar-refractivity contribution in [2.75, 3.05) is 27.4 Å². The van der Waals surface area contributed by atoms with Crippen molar-refractivity contribution in [1.82, 2.24) is 0 Å². The van der Waals surface area contributed by atoms with Crippen LogP contribution in [-0.4, -0.2) is 49.9 Å². The SMILES string of the molecule is COc1ccc(C(OCC(O)(CN)C(=O)[C@H](C)N)(c2ccccc2)c2ccc(OC)cc2)cc1. The molecular weight excluding hydrogens is 432 g/mol. The quantitative estimate of drug-likeness (QED) is 0.374. The lowest BCUT2D eigenvalue weighted by atomic mass is 9.79. The minimum atomic E-state index is -1.95. The number of carbonyl (C=O) groups is 1. The largest absolute Gasteiger partial charge is 0.497 e. The van der Waals surface area contributed by atoms with Gasteiger partial charge in [0.05, 0.1) is 26.9 Å². The molecule has 0 aliphatic rings. The monoisotopic (exact) mass is 464 g/mol. The van der Waals surface area contributed by atoms with Crippen molar-refractivity contribution in [2.24, 2.45) is 11.5 Å². The molecular formula is C27H32N2O5. The Hall–Kier alpha value is -3.23. The smallest absolute Gasteiger partial charge is 0.184 e. The molecule has 0 aliphatic carbocycles. The van der Waals surface area contributed by atoms with E-state index in [1.165, 1.54) is 6.92 Å². The summed E-state index contributed by atoms with van der Waals surface area (Å²) < 4.78 is 17.3. The summed E-state index contributed by atoms with van der Waals surface area (Å²) in [7, 11) is 3.20. The molecule has 3 aromatic carbocycles. The number of ketones is 1. The third-order valence-corrected chi connectivity index (χ3v) is 5.91. The van der Waals surface area contributed by atoms with Crippen molar-refractivity contribution in [3.05, 3.63) is 95.6 Å². The molecule has 0 aliphatic heterocycles. The third kappa shape index (κ3) is 4.98. The van der Waals surface area contributed by atoms with E-state index in [4.69, 9.17) is 25.7 Å². The van der Waals surface area contributed by atoms with Crippen LogP contribution in [0.25, 0.3) is 0 Å². The lowest BCUT2D eigenvalue weighted by Gasteiger charge is -2.39. The molecule has 0 spiro atoms. The molecule has 5 N–H and O–H groups in total. The molecule has 0 amide bonds. The van der Waals surface area contributed by atoms with Gasteiger partial charge in [0.1, 0.15) is 17.1 Å². The standard InChI is InChI=1S/C27H32N2O5/c1-19(29)25(30)26(31,17-28)18-34-27(20-7-5-4-6-8-20,21-9-13-23(32-2)14-10-21)22-11-15-24(33-3)16-12-22/h4-16,19,31H,17-18,28-29H2,1-3H3/t19-,26?/m0/s1. The predicted molar refractivity (Wildman–Crippen MR) is 131 cm³/mol. The second kappa shape index (κ2) is 10.8. The maximum atomic E-state index is 12.7. The molecule has 0 bridgehead atoms. The number of rotatable bonds is 11. The first kappa shape index (κ1) is 25.4. The molecule has 7 heteroatoms. The van der Waals surface area contributed by atoms with Crippen LogP contribution in [0.4, 0.5) is 0 Å². The van der Waals surface area contributed by atoms with Crippen LogP contribution in [0.3, 0.4) is 0 Å². The van der Waals surface area contributed by atoms with Crippen LogP contribution in [0.15, 0.2) is 78.9 Å². The van der Waals surface area contributed by atoms with E-state index < -0.39 is 23.0 Å². The number of hydrogen-bond donors (Lipinski definition) is 3. The first-order valence-electron chi connectivity index (χ1n) is 11.0. The van der Waals surface area contributed by atoms with E-state index in [0.717, 1.165) is 16.7 Å². The molecule has 0 aromatic heterocycles. The predicted octanol–water partition coefficient (Wildman–Crippen LogP) is 2.62. The second-order valence-electron chi connectivity index (χ2n) is 8.18. The van der Waals surface area contributed by atoms with Crippen molar-refractivity contribution in [3.8, 4) is 11.5 Å². The van der Waals surface area contributed by atoms with Gasteiger partial charge in [0.2, 0.25) is 0 Å². The fourth-order valence-corrected chi connectivity index (χ4v) is 3.96. The van der Waals surface area contributed by atoms with E-state index in [1.807, 2.05) is 78.9 Å². The van der Waals surface area contributed by atoms with Crippen molar-refractivity contribution in [3.63, 3.8) is 0 Å². The number of carbonyl (C=O) groups excluding carboxylic acids is 1. The van der Waals surface area contributed by atoms with E-state index in [-0.39, 0.29) is 13.2 Å². The highest BCUT2D eigenvalue weighted by Crippen LogP contribution is 2.42. The van der Waals surface area contributed by atoms with Gasteiger partial charge in [-0.15, -0.1) is 0 Å². The van der Waals surface area contributed by atoms with Crippen LogP contribution < -0.4 is 20.9 Å². The summed E-state index contributed by atoms with van der Waals surface area (Å²) >= 11 is 0. The van der Waals surface area contributed by atoms with Crippen LogP contribution in [0.5, 0.6) is 11.5 Å². The Morgan fingerprint density at radius 2 is 1.29 bits per heavy atom. The molecule has 0 fully saturated rings. The van der Waals surface area contributed by atoms with E-state index in [1.54, 1.807) is 14.2 Å². The van der Waals surface area contributed by atoms with Gasteiger partial charge in [0.15, 0.2) is 11.4 Å². The minimum absolute atomic E-state index is 0.330. The van der Waals surface area contributed by atoms with Crippen molar-refractivity contribution in [2.45, 2.75) is 24.2 Å². The van der Waals surface area contributed by atoms with Crippen molar-refractivity contribution >= 4 is 5.78 Å². The molecule has 34 heavy (non-hydrogen) atoms. The molecule has 3 rings (SSSR count). The van der Waals surface area contributed by atoms with Crippen LogP contribution in [0.2, 0.25) is 0 Å². The molecule has 1 unspecified atom stereocenters. The maximum Gasteiger partial charge on any atom is 0.184 e. The van der Waals surface area contributed by atoms with Crippen LogP contribution in [0, 0.1) is 0 Å². The van der Waals surface area contributed by atoms with Gasteiger partial charge in [0, 0.05) is 6.54 Å². The van der Waals surface area contributed by atoms with Gasteiger partial charge in [-0.1, -0.05) is 54.6 Å². The number of methoxy groups -OCH3 is 2. The lowest BCUT2D eigenvalue weighted by molar-refractivity contribution is -0.149. The van der Waals surface area contributed by atoms with Gasteiger partial charge in [-0.3, -0.25) is 4.79 Å². The number of ether oxygens (including phenoxy) is 3. The van der Waals surface area contributed by atoms with Gasteiger partial charge in [-0.05, 0) is 47.9 Å². The van der Waals surface area contributed by atoms with E-state index >= 15 is 0 Å². The minimum Gasteiger partial charge on any atom is -0.497 e. The van der Waals surface area contributed by atoms with Gasteiger partial charge in [-0.25, -0.2) is 0 Å². The lowest BCUT2D eigenvalue weighted by Crippen LogP contribution is -2.56. The summed E-state index contributed by atoms with van der Waals surface area (Å²) in [5.41, 5.74) is 10.8. The van der Waals surface area contributed by atoms with Crippen molar-refractivity contribution < 1.29 is 24.1 Å². The average Bonchev–Trinajstić information content (AvgIpc) is 2.89. The fourth-order valence-electron chi connectivity index (χ4n) is 3.96. The zero-order valence-electron chi connectivity index (χ0n) is 19.7. The Kier molecular flexibility index (Phi) is 8.06. The Morgan fingerprint density at radius 1 is 0.853 bits per heavy atom. The highest BCUT2D eigenvalue weighted by atomic mass is 16.5. The van der Waals surface area contributed by atoms with E-state index in [2.05, 4.69) is 0 Å². The Balaban J connectivity index is 2.23. The maximum absolute atomic E-state index is 12.7. The Bertz CT molecular complexity index is 1020. The molecule has 3 aromatic rings. The molecule has 180 valence electrons. The van der Waals surface area contributed by atoms with Crippen LogP contribution >= 0.6 is 0 Å². The average molecular weight is 465 g/mol. The molecule has 0 saturated heterocycles. The fraction of sp³-hybridized carbons (Fsp3) is 0.296. The molecule has 7 nitrogen and oxygen atoms in total. The first-order chi connectivity index (χ1) is 16.3. The second-order valence-corrected chi connectivity index (χ2v) is 8.18. The number of hydrogen-bond acceptors (Lipinski definition) is 7. The Morgan fingerprint density at radius 3 is 1.68 bits per heavy atom. The summed E-state index contributed by atoms with van der Waals surface area (Å²) in [6.07, 6.45) is 0. The number of benzene rings is 3. The highest BCUT2D eigenvalue weighted by molar-refractivity contribution is 5.91. The van der Waals surface area contributed by atoms with Crippen LogP contribution in [-0.2, 0) is 15.1 Å². The number of nitrogens with two attached hydrogens (primary N) is 2. The van der Waals surface area contributed by atoms with Gasteiger partial charge < -0.3 is 30.8 Å². The van der Waals surface area contributed by atoms with E-state index in [9.17, 15) is 9.90 Å². The number of Topliss-reactive ketones (excluding diaryl/α,β-unsaturated/α-hetero) is 1. The Labute approximate surface area is 200 Å².